The molecule has 38 heavy (non-hydrogen) atoms. The van der Waals surface area contributed by atoms with Crippen LogP contribution >= 0.6 is 0 Å². The average molecular weight is 520 g/mol. The Morgan fingerprint density at radius 2 is 1.32 bits per heavy atom. The second kappa shape index (κ2) is 10.4. The van der Waals surface area contributed by atoms with E-state index in [0.717, 1.165) is 12.2 Å². The van der Waals surface area contributed by atoms with E-state index < -0.39 is 24.0 Å². The minimum absolute atomic E-state index is 0.0244. The molecule has 2 aromatic heterocycles. The van der Waals surface area contributed by atoms with E-state index in [0.29, 0.717) is 21.3 Å². The highest BCUT2D eigenvalue weighted by Crippen LogP contribution is 2.31. The third-order valence-electron chi connectivity index (χ3n) is 5.32. The largest absolute Gasteiger partial charge is 0.521 e. The van der Waals surface area contributed by atoms with Gasteiger partial charge in [0.2, 0.25) is 11.3 Å². The summed E-state index contributed by atoms with van der Waals surface area (Å²) in [5, 5.41) is 17.7. The SMILES string of the molecule is O=C(O)/C=C/c1ccc(-c2nc3ncccc3[n+](C(=O)C(F)(F)F)c2-c2ccc(/C=C/C(=O)O)cc2)cc1. The quantitative estimate of drug-likeness (QED) is 0.280. The van der Waals surface area contributed by atoms with Crippen LogP contribution in [0.4, 0.5) is 13.2 Å². The van der Waals surface area contributed by atoms with Gasteiger partial charge in [-0.05, 0) is 41.5 Å². The standard InChI is InChI=1S/C27H16F3N3O5/c28-27(29,30)26(38)33-20-2-1-15-31-25(20)32-23(18-9-3-16(4-10-18)7-13-21(34)35)24(33)19-11-5-17(6-12-19)8-14-22(36)37/h1-15H,(H-,34,35,36,37)/p+1/b13-7+,14-8+. The van der Waals surface area contributed by atoms with Crippen LogP contribution < -0.4 is 4.57 Å². The zero-order chi connectivity index (χ0) is 27.4. The van der Waals surface area contributed by atoms with Gasteiger partial charge in [0.15, 0.2) is 0 Å². The summed E-state index contributed by atoms with van der Waals surface area (Å²) in [6.07, 6.45) is 0.625. The molecule has 190 valence electrons. The summed E-state index contributed by atoms with van der Waals surface area (Å²) in [7, 11) is 0. The first kappa shape index (κ1) is 25.9. The number of rotatable bonds is 6. The van der Waals surface area contributed by atoms with Crippen LogP contribution in [0.25, 0.3) is 45.8 Å². The summed E-state index contributed by atoms with van der Waals surface area (Å²) in [6.45, 7) is 0. The molecule has 2 aromatic carbocycles. The number of halogens is 3. The lowest BCUT2D eigenvalue weighted by atomic mass is 10.0. The summed E-state index contributed by atoms with van der Waals surface area (Å²) in [4.78, 5) is 42.9. The number of aliphatic carboxylic acids is 2. The number of nitrogens with zero attached hydrogens (tertiary/aromatic N) is 3. The topological polar surface area (TPSA) is 121 Å². The summed E-state index contributed by atoms with van der Waals surface area (Å²) in [5.41, 5.74) is 1.15. The second-order valence-electron chi connectivity index (χ2n) is 7.88. The summed E-state index contributed by atoms with van der Waals surface area (Å²) >= 11 is 0. The van der Waals surface area contributed by atoms with Gasteiger partial charge in [0, 0.05) is 35.5 Å². The number of pyridine rings is 1. The fourth-order valence-corrected chi connectivity index (χ4v) is 3.68. The Labute approximate surface area is 212 Å². The van der Waals surface area contributed by atoms with E-state index in [4.69, 9.17) is 10.2 Å². The predicted octanol–water partition coefficient (Wildman–Crippen LogP) is 4.65. The van der Waals surface area contributed by atoms with Crippen molar-refractivity contribution in [2.75, 3.05) is 0 Å². The number of hydrogen-bond donors (Lipinski definition) is 2. The highest BCUT2D eigenvalue weighted by molar-refractivity contribution is 5.89. The van der Waals surface area contributed by atoms with Gasteiger partial charge in [-0.1, -0.05) is 36.4 Å². The number of aromatic nitrogens is 3. The van der Waals surface area contributed by atoms with E-state index in [2.05, 4.69) is 9.97 Å². The fourth-order valence-electron chi connectivity index (χ4n) is 3.68. The first-order chi connectivity index (χ1) is 18.0. The first-order valence-corrected chi connectivity index (χ1v) is 10.9. The zero-order valence-corrected chi connectivity index (χ0v) is 19.3. The second-order valence-corrected chi connectivity index (χ2v) is 7.88. The molecule has 11 heteroatoms. The maximum absolute atomic E-state index is 13.8. The van der Waals surface area contributed by atoms with E-state index in [-0.39, 0.29) is 28.1 Å². The fraction of sp³-hybridized carbons (Fsp3) is 0.0370. The van der Waals surface area contributed by atoms with Gasteiger partial charge in [-0.3, -0.25) is 0 Å². The molecule has 0 radical (unpaired) electrons. The summed E-state index contributed by atoms with van der Waals surface area (Å²) in [5.74, 6) is -4.46. The van der Waals surface area contributed by atoms with Crippen molar-refractivity contribution in [2.24, 2.45) is 0 Å². The molecular formula is C27H17F3N3O5+. The number of fused-ring (bicyclic) bond motifs is 1. The lowest BCUT2D eigenvalue weighted by Crippen LogP contribution is -2.53. The molecule has 0 bridgehead atoms. The molecule has 4 rings (SSSR count). The van der Waals surface area contributed by atoms with Crippen LogP contribution in [-0.4, -0.2) is 44.2 Å². The highest BCUT2D eigenvalue weighted by Gasteiger charge is 2.50. The zero-order valence-electron chi connectivity index (χ0n) is 19.3. The first-order valence-electron chi connectivity index (χ1n) is 10.9. The Hall–Kier alpha value is -5.19. The Kier molecular flexibility index (Phi) is 7.10. The number of carbonyl (C=O) groups is 3. The van der Waals surface area contributed by atoms with E-state index in [1.165, 1.54) is 66.9 Å². The van der Waals surface area contributed by atoms with Crippen molar-refractivity contribution in [1.82, 2.24) is 9.97 Å². The normalized spacial score (nSPS) is 11.9. The molecule has 0 aliphatic rings. The number of alkyl halides is 3. The molecule has 0 atom stereocenters. The number of benzene rings is 2. The van der Waals surface area contributed by atoms with Gasteiger partial charge in [0.1, 0.15) is 5.69 Å². The van der Waals surface area contributed by atoms with Gasteiger partial charge in [-0.2, -0.15) is 13.2 Å². The molecule has 0 amide bonds. The van der Waals surface area contributed by atoms with E-state index in [1.54, 1.807) is 12.1 Å². The molecule has 8 nitrogen and oxygen atoms in total. The summed E-state index contributed by atoms with van der Waals surface area (Å²) in [6, 6.07) is 14.8. The van der Waals surface area contributed by atoms with Crippen LogP contribution in [-0.2, 0) is 9.59 Å². The lowest BCUT2D eigenvalue weighted by molar-refractivity contribution is -0.548. The molecule has 0 unspecified atom stereocenters. The molecule has 0 saturated heterocycles. The maximum atomic E-state index is 13.8. The summed E-state index contributed by atoms with van der Waals surface area (Å²) < 4.78 is 41.9. The van der Waals surface area contributed by atoms with E-state index in [9.17, 15) is 27.6 Å². The van der Waals surface area contributed by atoms with Crippen LogP contribution in [0.5, 0.6) is 0 Å². The van der Waals surface area contributed by atoms with Crippen LogP contribution in [0.1, 0.15) is 15.9 Å². The van der Waals surface area contributed by atoms with Crippen molar-refractivity contribution < 1.29 is 42.3 Å². The van der Waals surface area contributed by atoms with Crippen molar-refractivity contribution in [3.05, 3.63) is 90.1 Å². The monoisotopic (exact) mass is 520 g/mol. The van der Waals surface area contributed by atoms with Crippen LogP contribution in [0.3, 0.4) is 0 Å². The molecule has 0 saturated carbocycles. The van der Waals surface area contributed by atoms with Crippen molar-refractivity contribution in [3.63, 3.8) is 0 Å². The molecule has 0 aliphatic heterocycles. The lowest BCUT2D eigenvalue weighted by Gasteiger charge is -2.12. The smallest absolute Gasteiger partial charge is 0.478 e. The predicted molar refractivity (Wildman–Crippen MR) is 131 cm³/mol. The number of hydrogen-bond acceptors (Lipinski definition) is 5. The van der Waals surface area contributed by atoms with Gasteiger partial charge in [0.25, 0.3) is 5.52 Å². The molecule has 0 fully saturated rings. The minimum Gasteiger partial charge on any atom is -0.478 e. The van der Waals surface area contributed by atoms with E-state index in [1.807, 2.05) is 0 Å². The molecule has 2 heterocycles. The highest BCUT2D eigenvalue weighted by atomic mass is 19.4. The van der Waals surface area contributed by atoms with Gasteiger partial charge in [0.05, 0.1) is 0 Å². The maximum Gasteiger partial charge on any atom is 0.521 e. The van der Waals surface area contributed by atoms with Crippen molar-refractivity contribution in [2.45, 2.75) is 6.18 Å². The van der Waals surface area contributed by atoms with Gasteiger partial charge in [-0.15, -0.1) is 4.57 Å². The Morgan fingerprint density at radius 3 is 1.82 bits per heavy atom. The average Bonchev–Trinajstić information content (AvgIpc) is 2.89. The van der Waals surface area contributed by atoms with Crippen LogP contribution in [0, 0.1) is 0 Å². The van der Waals surface area contributed by atoms with Crippen LogP contribution in [0.2, 0.25) is 0 Å². The van der Waals surface area contributed by atoms with Gasteiger partial charge >= 0.3 is 24.0 Å². The molecule has 4 aromatic rings. The number of carboxylic acid groups (broad SMARTS) is 2. The van der Waals surface area contributed by atoms with Crippen LogP contribution in [0.15, 0.2) is 79.0 Å². The number of carbonyl (C=O) groups excluding carboxylic acids is 1. The minimum atomic E-state index is -5.23. The van der Waals surface area contributed by atoms with Crippen molar-refractivity contribution in [1.29, 1.82) is 0 Å². The molecule has 0 spiro atoms. The Bertz CT molecular complexity index is 1610. The van der Waals surface area contributed by atoms with E-state index >= 15 is 0 Å². The van der Waals surface area contributed by atoms with Gasteiger partial charge < -0.3 is 10.2 Å². The third-order valence-corrected chi connectivity index (χ3v) is 5.32. The Morgan fingerprint density at radius 1 is 0.789 bits per heavy atom. The van der Waals surface area contributed by atoms with Crippen molar-refractivity contribution >= 4 is 41.2 Å². The molecule has 2 N–H and O–H groups in total. The Balaban J connectivity index is 2.00. The van der Waals surface area contributed by atoms with Crippen molar-refractivity contribution in [3.8, 4) is 22.5 Å². The molecule has 0 aliphatic carbocycles. The molecular weight excluding hydrogens is 503 g/mol. The third kappa shape index (κ3) is 5.62. The number of carboxylic acids is 2. The van der Waals surface area contributed by atoms with Gasteiger partial charge in [-0.25, -0.2) is 24.4 Å².